The van der Waals surface area contributed by atoms with Gasteiger partial charge in [0.05, 0.1) is 12.3 Å². The number of quaternary nitrogens is 1. The molecule has 140 valence electrons. The fourth-order valence-corrected chi connectivity index (χ4v) is 5.84. The quantitative estimate of drug-likeness (QED) is 0.461. The van der Waals surface area contributed by atoms with Crippen LogP contribution in [0, 0.1) is 0 Å². The first-order valence-corrected chi connectivity index (χ1v) is 9.62. The molecular formula is C18H26N5O3+. The van der Waals surface area contributed by atoms with E-state index in [1.165, 1.54) is 6.20 Å². The maximum atomic E-state index is 11.9. The van der Waals surface area contributed by atoms with E-state index in [0.717, 1.165) is 51.5 Å². The Labute approximate surface area is 152 Å². The highest BCUT2D eigenvalue weighted by molar-refractivity contribution is 5.97. The van der Waals surface area contributed by atoms with Crippen molar-refractivity contribution in [2.75, 3.05) is 11.9 Å². The van der Waals surface area contributed by atoms with Gasteiger partial charge in [-0.05, 0) is 25.7 Å². The Morgan fingerprint density at radius 2 is 2.08 bits per heavy atom. The van der Waals surface area contributed by atoms with Crippen LogP contribution >= 0.6 is 0 Å². The van der Waals surface area contributed by atoms with Crippen molar-refractivity contribution < 1.29 is 15.0 Å². The van der Waals surface area contributed by atoms with Crippen LogP contribution in [-0.2, 0) is 0 Å². The second-order valence-corrected chi connectivity index (χ2v) is 8.63. The molecule has 8 nitrogen and oxygen atoms in total. The zero-order chi connectivity index (χ0) is 18.2. The molecule has 0 aromatic carbocycles. The van der Waals surface area contributed by atoms with E-state index in [9.17, 15) is 15.0 Å². The van der Waals surface area contributed by atoms with Crippen LogP contribution in [0.25, 0.3) is 0 Å². The van der Waals surface area contributed by atoms with Crippen LogP contribution in [0.5, 0.6) is 0 Å². The molecule has 0 spiro atoms. The minimum atomic E-state index is -0.771. The monoisotopic (exact) mass is 360 g/mol. The number of hydrogen-bond acceptors (Lipinski definition) is 6. The summed E-state index contributed by atoms with van der Waals surface area (Å²) in [6, 6.07) is 0.0566. The highest BCUT2D eigenvalue weighted by Crippen LogP contribution is 2.69. The average molecular weight is 360 g/mol. The first-order valence-electron chi connectivity index (χ1n) is 9.62. The van der Waals surface area contributed by atoms with Crippen molar-refractivity contribution in [3.05, 3.63) is 11.8 Å². The predicted octanol–water partition coefficient (Wildman–Crippen LogP) is 0.627. The Bertz CT molecular complexity index is 776. The number of aliphatic hydroxyl groups excluding tert-OH is 1. The number of aliphatic hydroxyl groups is 2. The second kappa shape index (κ2) is 5.15. The number of primary amides is 1. The number of aromatic nitrogens is 2. The fourth-order valence-electron chi connectivity index (χ4n) is 5.84. The number of amides is 1. The summed E-state index contributed by atoms with van der Waals surface area (Å²) >= 11 is 0. The second-order valence-electron chi connectivity index (χ2n) is 8.63. The topological polar surface area (TPSA) is 121 Å². The maximum absolute atomic E-state index is 11.9. The molecule has 4 aliphatic rings. The van der Waals surface area contributed by atoms with E-state index in [4.69, 9.17) is 10.7 Å². The third kappa shape index (κ3) is 1.97. The lowest BCUT2D eigenvalue weighted by molar-refractivity contribution is -0.0313. The van der Waals surface area contributed by atoms with E-state index in [1.54, 1.807) is 0 Å². The van der Waals surface area contributed by atoms with Crippen LogP contribution in [0.15, 0.2) is 6.20 Å². The Balaban J connectivity index is 1.51. The molecule has 4 heterocycles. The van der Waals surface area contributed by atoms with Crippen LogP contribution < -0.4 is 15.5 Å². The highest BCUT2D eigenvalue weighted by atomic mass is 16.3. The van der Waals surface area contributed by atoms with Crippen LogP contribution in [0.2, 0.25) is 0 Å². The summed E-state index contributed by atoms with van der Waals surface area (Å²) < 4.78 is 0.445. The summed E-state index contributed by atoms with van der Waals surface area (Å²) in [6.45, 7) is 0.876. The molecule has 1 amide bonds. The van der Waals surface area contributed by atoms with Crippen molar-refractivity contribution in [2.45, 2.75) is 74.8 Å². The van der Waals surface area contributed by atoms with E-state index in [2.05, 4.69) is 10.3 Å². The number of piperidine rings is 2. The normalized spacial score (nSPS) is 43.2. The van der Waals surface area contributed by atoms with E-state index >= 15 is 0 Å². The molecule has 5 N–H and O–H groups in total. The number of hydrogen-bond donors (Lipinski definition) is 4. The van der Waals surface area contributed by atoms with Crippen LogP contribution in [0.4, 0.5) is 11.8 Å². The molecule has 1 unspecified atom stereocenters. The van der Waals surface area contributed by atoms with E-state index < -0.39 is 11.6 Å². The number of carbonyl (C=O) groups excluding carboxylic acids is 1. The fraction of sp³-hybridized carbons (Fsp3) is 0.722. The van der Waals surface area contributed by atoms with Crippen molar-refractivity contribution in [3.63, 3.8) is 0 Å². The van der Waals surface area contributed by atoms with Gasteiger partial charge in [0.1, 0.15) is 17.9 Å². The van der Waals surface area contributed by atoms with Gasteiger partial charge in [0.2, 0.25) is 5.72 Å². The standard InChI is InChI=1S/C18H25N5O3/c19-14(25)13-9-20-16(22-15(13)21-11-2-1-3-12(24)8-11)23-10-17(23)4-6-18(23,26)7-5-17/h9,11-12,24,26H,1-8,10H2,(H2-,19,20,21,22,25)/p+1/t11-,12+,17?,18?,23?/m1/s1. The number of rotatable bonds is 4. The molecule has 2 bridgehead atoms. The molecule has 5 rings (SSSR count). The molecular weight excluding hydrogens is 334 g/mol. The summed E-state index contributed by atoms with van der Waals surface area (Å²) in [6.07, 6.45) is 8.03. The largest absolute Gasteiger partial charge is 0.393 e. The SMILES string of the molecule is NC(=O)c1cnc([N+]23CC24CCC3(O)CC4)nc1N[C@@H]1CCC[C@H](O)C1. The van der Waals surface area contributed by atoms with E-state index in [1.807, 2.05) is 0 Å². The van der Waals surface area contributed by atoms with Crippen molar-refractivity contribution >= 4 is 17.7 Å². The van der Waals surface area contributed by atoms with Crippen molar-refractivity contribution in [1.82, 2.24) is 14.5 Å². The summed E-state index contributed by atoms with van der Waals surface area (Å²) in [5, 5.41) is 24.4. The van der Waals surface area contributed by atoms with Gasteiger partial charge >= 0.3 is 5.95 Å². The van der Waals surface area contributed by atoms with Gasteiger partial charge in [-0.25, -0.2) is 4.48 Å². The lowest BCUT2D eigenvalue weighted by Crippen LogP contribution is -2.49. The van der Waals surface area contributed by atoms with Gasteiger partial charge in [-0.3, -0.25) is 4.79 Å². The molecule has 3 saturated heterocycles. The Morgan fingerprint density at radius 1 is 1.31 bits per heavy atom. The molecule has 3 aliphatic heterocycles. The minimum Gasteiger partial charge on any atom is -0.393 e. The molecule has 4 fully saturated rings. The number of carbonyl (C=O) groups is 1. The first kappa shape index (κ1) is 16.4. The summed E-state index contributed by atoms with van der Waals surface area (Å²) in [5.74, 6) is 0.455. The number of nitrogens with two attached hydrogens (primary N) is 1. The molecule has 8 heteroatoms. The summed E-state index contributed by atoms with van der Waals surface area (Å²) in [5.41, 5.74) is 5.10. The van der Waals surface area contributed by atoms with Crippen molar-refractivity contribution in [2.24, 2.45) is 5.73 Å². The van der Waals surface area contributed by atoms with Crippen LogP contribution in [-0.4, -0.2) is 56.0 Å². The van der Waals surface area contributed by atoms with Gasteiger partial charge < -0.3 is 21.3 Å². The zero-order valence-corrected chi connectivity index (χ0v) is 14.8. The van der Waals surface area contributed by atoms with Gasteiger partial charge in [0, 0.05) is 31.7 Å². The molecule has 1 aliphatic carbocycles. The predicted molar refractivity (Wildman–Crippen MR) is 95.2 cm³/mol. The van der Waals surface area contributed by atoms with Gasteiger partial charge in [-0.15, -0.1) is 0 Å². The van der Waals surface area contributed by atoms with Gasteiger partial charge in [0.15, 0.2) is 5.54 Å². The average Bonchev–Trinajstić information content (AvgIpc) is 3.14. The molecule has 1 aromatic heterocycles. The van der Waals surface area contributed by atoms with E-state index in [0.29, 0.717) is 22.7 Å². The van der Waals surface area contributed by atoms with Gasteiger partial charge in [0.25, 0.3) is 5.91 Å². The lowest BCUT2D eigenvalue weighted by Gasteiger charge is -2.30. The third-order valence-corrected chi connectivity index (χ3v) is 7.30. The molecule has 0 radical (unpaired) electrons. The Morgan fingerprint density at radius 3 is 2.65 bits per heavy atom. The molecule has 1 aromatic rings. The molecule has 1 saturated carbocycles. The Kier molecular flexibility index (Phi) is 3.25. The highest BCUT2D eigenvalue weighted by Gasteiger charge is 2.88. The number of anilines is 1. The smallest absolute Gasteiger partial charge is 0.334 e. The maximum Gasteiger partial charge on any atom is 0.334 e. The van der Waals surface area contributed by atoms with Gasteiger partial charge in [-0.1, -0.05) is 0 Å². The summed E-state index contributed by atoms with van der Waals surface area (Å²) in [4.78, 5) is 21.0. The van der Waals surface area contributed by atoms with Crippen LogP contribution in [0.3, 0.4) is 0 Å². The van der Waals surface area contributed by atoms with Crippen LogP contribution in [0.1, 0.15) is 61.7 Å². The first-order chi connectivity index (χ1) is 12.4. The van der Waals surface area contributed by atoms with E-state index in [-0.39, 0.29) is 23.2 Å². The lowest BCUT2D eigenvalue weighted by atomic mass is 9.88. The molecule has 3 atom stereocenters. The number of nitrogens with one attached hydrogen (secondary N) is 1. The van der Waals surface area contributed by atoms with Crippen molar-refractivity contribution in [1.29, 1.82) is 0 Å². The zero-order valence-electron chi connectivity index (χ0n) is 14.8. The Hall–Kier alpha value is -1.77. The minimum absolute atomic E-state index is 0.0566. The summed E-state index contributed by atoms with van der Waals surface area (Å²) in [7, 11) is 0. The van der Waals surface area contributed by atoms with Gasteiger partial charge in [-0.2, -0.15) is 9.97 Å². The third-order valence-electron chi connectivity index (χ3n) is 7.30. The molecule has 26 heavy (non-hydrogen) atoms. The number of nitrogens with zero attached hydrogens (tertiary/aromatic N) is 3. The van der Waals surface area contributed by atoms with Crippen molar-refractivity contribution in [3.8, 4) is 0 Å².